The van der Waals surface area contributed by atoms with Crippen LogP contribution in [0.5, 0.6) is 0 Å². The molecule has 0 fully saturated rings. The van der Waals surface area contributed by atoms with Crippen molar-refractivity contribution in [2.75, 3.05) is 18.5 Å². The van der Waals surface area contributed by atoms with E-state index in [0.29, 0.717) is 5.69 Å². The first kappa shape index (κ1) is 34.3. The number of carbonyl (C=O) groups excluding carboxylic acids is 5. The normalized spacial score (nSPS) is 13.0. The fraction of sp³-hybridized carbons (Fsp3) is 0.500. The highest BCUT2D eigenvalue weighted by molar-refractivity contribution is 5.97. The number of nitrogens with zero attached hydrogens (tertiary/aromatic N) is 3. The number of aliphatic hydroxyl groups excluding tert-OH is 1. The van der Waals surface area contributed by atoms with E-state index in [4.69, 9.17) is 5.11 Å². The Balaban J connectivity index is 1.97. The number of hydrogen-bond donors (Lipinski definition) is 8. The predicted octanol–water partition coefficient (Wildman–Crippen LogP) is -1.19. The predicted molar refractivity (Wildman–Crippen MR) is 150 cm³/mol. The van der Waals surface area contributed by atoms with Crippen LogP contribution in [0.4, 0.5) is 5.69 Å². The molecule has 1 aromatic carbocycles. The van der Waals surface area contributed by atoms with Gasteiger partial charge in [0.1, 0.15) is 18.1 Å². The molecule has 0 unspecified atom stereocenters. The molecule has 0 spiro atoms. The van der Waals surface area contributed by atoms with Gasteiger partial charge in [-0.25, -0.2) is 4.79 Å². The highest BCUT2D eigenvalue weighted by Gasteiger charge is 2.32. The Hall–Kier alpha value is -4.93. The summed E-state index contributed by atoms with van der Waals surface area (Å²) in [5.74, 6) is -5.33. The molecule has 0 saturated heterocycles. The number of carboxylic acids is 1. The summed E-state index contributed by atoms with van der Waals surface area (Å²) in [4.78, 5) is 74.6. The summed E-state index contributed by atoms with van der Waals surface area (Å²) in [5.41, 5.74) is 0.301. The van der Waals surface area contributed by atoms with Crippen molar-refractivity contribution in [1.29, 1.82) is 0 Å². The molecule has 1 heterocycles. The molecule has 0 bridgehead atoms. The van der Waals surface area contributed by atoms with Gasteiger partial charge >= 0.3 is 5.97 Å². The van der Waals surface area contributed by atoms with Gasteiger partial charge in [0.05, 0.1) is 12.2 Å². The van der Waals surface area contributed by atoms with Gasteiger partial charge in [0.2, 0.25) is 23.6 Å². The van der Waals surface area contributed by atoms with Crippen molar-refractivity contribution in [2.45, 2.75) is 58.7 Å². The van der Waals surface area contributed by atoms with E-state index in [0.717, 1.165) is 0 Å². The third kappa shape index (κ3) is 11.1. The number of amides is 5. The lowest BCUT2D eigenvalue weighted by Crippen LogP contribution is -2.59. The van der Waals surface area contributed by atoms with Crippen molar-refractivity contribution in [2.24, 2.45) is 11.8 Å². The molecule has 8 N–H and O–H groups in total. The number of benzene rings is 1. The molecule has 5 amide bonds. The molecule has 0 radical (unpaired) electrons. The highest BCUT2D eigenvalue weighted by Crippen LogP contribution is 2.11. The molecule has 0 aliphatic heterocycles. The average molecular weight is 604 g/mol. The summed E-state index contributed by atoms with van der Waals surface area (Å²) < 4.78 is 0. The summed E-state index contributed by atoms with van der Waals surface area (Å²) in [7, 11) is 0. The summed E-state index contributed by atoms with van der Waals surface area (Å²) in [6.07, 6.45) is 0.138. The van der Waals surface area contributed by atoms with Crippen molar-refractivity contribution >= 4 is 41.2 Å². The Morgan fingerprint density at radius 1 is 0.930 bits per heavy atom. The Kier molecular flexibility index (Phi) is 13.1. The maximum Gasteiger partial charge on any atom is 0.335 e. The standard InChI is InChI=1S/C26H37N9O8/c1-13(2)10-17(22(38)27-9-8-19(37)28-16-7-5-6-15(11-16)26(42)43)29-24(40)20(14(3)4)31-23(39)18(12-36)30-25(41)21-32-34-35-33-21/h5-7,11,13-14,17-18,20,36H,8-10,12H2,1-4H3,(H,27,38)(H,28,37)(H,29,40)(H,30,41)(H,31,39)(H,42,43)(H,32,33,34,35)/t17-,18+,20-/m0/s1. The molecular weight excluding hydrogens is 566 g/mol. The Morgan fingerprint density at radius 2 is 1.65 bits per heavy atom. The van der Waals surface area contributed by atoms with Gasteiger partial charge in [0.25, 0.3) is 11.7 Å². The molecular formula is C26H37N9O8. The molecule has 0 aliphatic carbocycles. The van der Waals surface area contributed by atoms with Gasteiger partial charge in [-0.05, 0) is 41.7 Å². The zero-order valence-corrected chi connectivity index (χ0v) is 24.2. The van der Waals surface area contributed by atoms with Crippen LogP contribution in [0.1, 0.15) is 61.5 Å². The first-order chi connectivity index (χ1) is 20.3. The third-order valence-electron chi connectivity index (χ3n) is 5.98. The van der Waals surface area contributed by atoms with E-state index in [1.54, 1.807) is 13.8 Å². The molecule has 0 saturated carbocycles. The zero-order valence-electron chi connectivity index (χ0n) is 24.2. The monoisotopic (exact) mass is 603 g/mol. The van der Waals surface area contributed by atoms with E-state index < -0.39 is 66.2 Å². The van der Waals surface area contributed by atoms with E-state index in [-0.39, 0.29) is 36.7 Å². The lowest BCUT2D eigenvalue weighted by Gasteiger charge is -2.27. The highest BCUT2D eigenvalue weighted by atomic mass is 16.4. The number of rotatable bonds is 16. The van der Waals surface area contributed by atoms with Gasteiger partial charge in [-0.15, -0.1) is 10.2 Å². The minimum Gasteiger partial charge on any atom is -0.478 e. The van der Waals surface area contributed by atoms with Crippen molar-refractivity contribution < 1.29 is 39.0 Å². The van der Waals surface area contributed by atoms with Crippen LogP contribution >= 0.6 is 0 Å². The van der Waals surface area contributed by atoms with E-state index in [1.165, 1.54) is 24.3 Å². The Bertz CT molecular complexity index is 1280. The summed E-state index contributed by atoms with van der Waals surface area (Å²) >= 11 is 0. The van der Waals surface area contributed by atoms with Gasteiger partial charge in [0.15, 0.2) is 0 Å². The molecule has 2 aromatic rings. The van der Waals surface area contributed by atoms with Crippen molar-refractivity contribution in [1.82, 2.24) is 41.9 Å². The molecule has 234 valence electrons. The maximum absolute atomic E-state index is 13.2. The van der Waals surface area contributed by atoms with Gasteiger partial charge in [-0.2, -0.15) is 5.21 Å². The van der Waals surface area contributed by atoms with Gasteiger partial charge in [-0.1, -0.05) is 33.8 Å². The Morgan fingerprint density at radius 3 is 2.23 bits per heavy atom. The molecule has 2 rings (SSSR count). The first-order valence-electron chi connectivity index (χ1n) is 13.5. The van der Waals surface area contributed by atoms with Crippen molar-refractivity contribution in [3.05, 3.63) is 35.7 Å². The van der Waals surface area contributed by atoms with Crippen LogP contribution in [0.3, 0.4) is 0 Å². The third-order valence-corrected chi connectivity index (χ3v) is 5.98. The second kappa shape index (κ2) is 16.5. The maximum atomic E-state index is 13.2. The van der Waals surface area contributed by atoms with Gasteiger partial charge in [0, 0.05) is 18.7 Å². The molecule has 3 atom stereocenters. The molecule has 17 nitrogen and oxygen atoms in total. The number of tetrazole rings is 1. The van der Waals surface area contributed by atoms with Crippen LogP contribution in [-0.4, -0.2) is 97.6 Å². The van der Waals surface area contributed by atoms with Crippen LogP contribution in [0.15, 0.2) is 24.3 Å². The smallest absolute Gasteiger partial charge is 0.335 e. The minimum atomic E-state index is -1.42. The van der Waals surface area contributed by atoms with Gasteiger partial charge in [-0.3, -0.25) is 24.0 Å². The number of aromatic nitrogens is 4. The van der Waals surface area contributed by atoms with Crippen LogP contribution in [0.2, 0.25) is 0 Å². The fourth-order valence-electron chi connectivity index (χ4n) is 3.80. The number of hydrogen-bond acceptors (Lipinski definition) is 10. The molecule has 1 aromatic heterocycles. The van der Waals surface area contributed by atoms with E-state index >= 15 is 0 Å². The van der Waals surface area contributed by atoms with Crippen LogP contribution in [0, 0.1) is 11.8 Å². The number of aliphatic hydroxyl groups is 1. The molecule has 43 heavy (non-hydrogen) atoms. The number of anilines is 1. The lowest BCUT2D eigenvalue weighted by atomic mass is 9.99. The first-order valence-corrected chi connectivity index (χ1v) is 13.5. The van der Waals surface area contributed by atoms with Crippen LogP contribution in [-0.2, 0) is 19.2 Å². The average Bonchev–Trinajstić information content (AvgIpc) is 3.49. The number of carboxylic acid groups (broad SMARTS) is 1. The number of aromatic amines is 1. The number of aromatic carboxylic acids is 1. The van der Waals surface area contributed by atoms with E-state index in [1.807, 2.05) is 13.8 Å². The molecule has 0 aliphatic rings. The number of H-pyrrole nitrogens is 1. The fourth-order valence-corrected chi connectivity index (χ4v) is 3.80. The van der Waals surface area contributed by atoms with Gasteiger partial charge < -0.3 is 36.8 Å². The van der Waals surface area contributed by atoms with E-state index in [2.05, 4.69) is 47.2 Å². The SMILES string of the molecule is CC(C)C[C@H](NC(=O)[C@@H](NC(=O)[C@@H](CO)NC(=O)c1nn[nH]n1)C(C)C)C(=O)NCCC(=O)Nc1cccc(C(=O)O)c1. The molecule has 17 heteroatoms. The van der Waals surface area contributed by atoms with E-state index in [9.17, 15) is 33.9 Å². The lowest BCUT2D eigenvalue weighted by molar-refractivity contribution is -0.134. The second-order valence-electron chi connectivity index (χ2n) is 10.3. The quantitative estimate of drug-likeness (QED) is 0.113. The summed E-state index contributed by atoms with van der Waals surface area (Å²) in [6, 6.07) is 2.17. The topological polar surface area (TPSA) is 257 Å². The largest absolute Gasteiger partial charge is 0.478 e. The van der Waals surface area contributed by atoms with Crippen molar-refractivity contribution in [3.8, 4) is 0 Å². The summed E-state index contributed by atoms with van der Waals surface area (Å²) in [5, 5.41) is 43.6. The van der Waals surface area contributed by atoms with Crippen LogP contribution < -0.4 is 26.6 Å². The van der Waals surface area contributed by atoms with Crippen LogP contribution in [0.25, 0.3) is 0 Å². The van der Waals surface area contributed by atoms with Crippen molar-refractivity contribution in [3.63, 3.8) is 0 Å². The zero-order chi connectivity index (χ0) is 32.1. The number of carbonyl (C=O) groups is 6. The summed E-state index contributed by atoms with van der Waals surface area (Å²) in [6.45, 7) is 6.20. The second-order valence-corrected chi connectivity index (χ2v) is 10.3. The Labute approximate surface area is 247 Å². The minimum absolute atomic E-state index is 0.00734. The number of nitrogens with one attached hydrogen (secondary N) is 6.